The van der Waals surface area contributed by atoms with Crippen LogP contribution in [0.15, 0.2) is 48.5 Å². The van der Waals surface area contributed by atoms with Crippen molar-refractivity contribution in [3.05, 3.63) is 65.5 Å². The maximum absolute atomic E-state index is 6.59. The first-order valence-electron chi connectivity index (χ1n) is 10.7. The lowest BCUT2D eigenvalue weighted by atomic mass is 9.99. The zero-order valence-electron chi connectivity index (χ0n) is 18.3. The molecule has 164 valence electrons. The molecule has 31 heavy (non-hydrogen) atoms. The number of aliphatic imine (C=N–C) groups is 1. The summed E-state index contributed by atoms with van der Waals surface area (Å²) in [6.07, 6.45) is 3.58. The maximum atomic E-state index is 6.59. The Kier molecular flexibility index (Phi) is 7.36. The molecule has 0 bridgehead atoms. The zero-order valence-corrected chi connectivity index (χ0v) is 19.0. The molecular formula is C24H31ClN6. The molecule has 1 aromatic carbocycles. The van der Waals surface area contributed by atoms with Gasteiger partial charge in [0.2, 0.25) is 0 Å². The molecule has 0 fully saturated rings. The largest absolute Gasteiger partial charge is 0.397 e. The van der Waals surface area contributed by atoms with E-state index in [9.17, 15) is 0 Å². The minimum Gasteiger partial charge on any atom is -0.397 e. The van der Waals surface area contributed by atoms with Gasteiger partial charge in [-0.1, -0.05) is 63.2 Å². The minimum absolute atomic E-state index is 0.316. The van der Waals surface area contributed by atoms with Crippen molar-refractivity contribution in [3.63, 3.8) is 0 Å². The molecule has 0 spiro atoms. The highest BCUT2D eigenvalue weighted by Crippen LogP contribution is 2.39. The van der Waals surface area contributed by atoms with E-state index in [4.69, 9.17) is 28.1 Å². The number of hydrogen-bond acceptors (Lipinski definition) is 6. The molecule has 0 saturated heterocycles. The highest BCUT2D eigenvalue weighted by molar-refractivity contribution is 6.29. The Labute approximate surface area is 189 Å². The van der Waals surface area contributed by atoms with Crippen molar-refractivity contribution in [2.45, 2.75) is 45.7 Å². The fourth-order valence-corrected chi connectivity index (χ4v) is 3.86. The summed E-state index contributed by atoms with van der Waals surface area (Å²) in [6.45, 7) is 13.4. The number of rotatable bonds is 9. The van der Waals surface area contributed by atoms with Crippen molar-refractivity contribution in [1.29, 1.82) is 0 Å². The van der Waals surface area contributed by atoms with E-state index in [0.29, 0.717) is 22.2 Å². The molecule has 7 heteroatoms. The molecule has 0 saturated carbocycles. The molecular weight excluding hydrogens is 408 g/mol. The molecule has 5 N–H and O–H groups in total. The van der Waals surface area contributed by atoms with Crippen molar-refractivity contribution in [3.8, 4) is 0 Å². The summed E-state index contributed by atoms with van der Waals surface area (Å²) < 4.78 is 0. The summed E-state index contributed by atoms with van der Waals surface area (Å²) in [5.74, 6) is 1.05. The summed E-state index contributed by atoms with van der Waals surface area (Å²) in [5, 5.41) is 3.64. The van der Waals surface area contributed by atoms with Crippen LogP contribution < -0.4 is 16.8 Å². The van der Waals surface area contributed by atoms with Gasteiger partial charge < -0.3 is 21.7 Å². The maximum Gasteiger partial charge on any atom is 0.129 e. The average molecular weight is 439 g/mol. The Morgan fingerprint density at radius 2 is 2.00 bits per heavy atom. The number of nitrogens with one attached hydrogen (secondary N) is 1. The smallest absolute Gasteiger partial charge is 0.129 e. The van der Waals surface area contributed by atoms with E-state index in [2.05, 4.69) is 42.2 Å². The second-order valence-electron chi connectivity index (χ2n) is 7.65. The second kappa shape index (κ2) is 9.98. The Morgan fingerprint density at radius 3 is 2.68 bits per heavy atom. The standard InChI is InChI=1S/C24H31ClN6/c1-5-7-11-21-30-23-17(16(4)31(21)14-6-2)9-8-10-18(23)24(27)28-19-12-13-20(25)29-22(19)15(3)26/h8-10,12-13,24,28H,3-7,11,14,26-27H2,1-2H3. The van der Waals surface area contributed by atoms with Crippen molar-refractivity contribution in [2.75, 3.05) is 11.9 Å². The van der Waals surface area contributed by atoms with E-state index < -0.39 is 6.17 Å². The van der Waals surface area contributed by atoms with Crippen LogP contribution >= 0.6 is 11.6 Å². The molecule has 0 amide bonds. The lowest BCUT2D eigenvalue weighted by Gasteiger charge is -2.34. The number of anilines is 1. The highest BCUT2D eigenvalue weighted by Gasteiger charge is 2.26. The second-order valence-corrected chi connectivity index (χ2v) is 8.04. The SMILES string of the molecule is C=C(N)c1nc(Cl)ccc1NC(N)c1cccc2c1N=C(CCCC)N(CCC)C2=C. The summed E-state index contributed by atoms with van der Waals surface area (Å²) >= 11 is 6.02. The number of fused-ring (bicyclic) bond motifs is 1. The van der Waals surface area contributed by atoms with Crippen molar-refractivity contribution in [2.24, 2.45) is 16.5 Å². The molecule has 6 nitrogen and oxygen atoms in total. The van der Waals surface area contributed by atoms with Gasteiger partial charge >= 0.3 is 0 Å². The van der Waals surface area contributed by atoms with E-state index in [1.807, 2.05) is 18.2 Å². The highest BCUT2D eigenvalue weighted by atomic mass is 35.5. The topological polar surface area (TPSA) is 92.6 Å². The van der Waals surface area contributed by atoms with Gasteiger partial charge in [-0.3, -0.25) is 0 Å². The van der Waals surface area contributed by atoms with Crippen LogP contribution in [0.3, 0.4) is 0 Å². The molecule has 2 aromatic rings. The van der Waals surface area contributed by atoms with Gasteiger partial charge in [0.25, 0.3) is 0 Å². The van der Waals surface area contributed by atoms with Gasteiger partial charge in [-0.15, -0.1) is 0 Å². The van der Waals surface area contributed by atoms with E-state index in [1.54, 1.807) is 12.1 Å². The summed E-state index contributed by atoms with van der Waals surface area (Å²) in [6, 6.07) is 9.51. The number of para-hydroxylation sites is 1. The Morgan fingerprint density at radius 1 is 1.23 bits per heavy atom. The summed E-state index contributed by atoms with van der Waals surface area (Å²) in [7, 11) is 0. The van der Waals surface area contributed by atoms with E-state index in [1.165, 1.54) is 0 Å². The normalized spacial score (nSPS) is 14.1. The van der Waals surface area contributed by atoms with E-state index in [-0.39, 0.29) is 0 Å². The fraction of sp³-hybridized carbons (Fsp3) is 0.333. The van der Waals surface area contributed by atoms with Gasteiger partial charge in [-0.2, -0.15) is 0 Å². The number of benzene rings is 1. The zero-order chi connectivity index (χ0) is 22.5. The van der Waals surface area contributed by atoms with Crippen LogP contribution in [0, 0.1) is 0 Å². The number of hydrogen-bond donors (Lipinski definition) is 3. The first kappa shape index (κ1) is 22.8. The molecule has 1 atom stereocenters. The van der Waals surface area contributed by atoms with Crippen molar-refractivity contribution < 1.29 is 0 Å². The molecule has 1 aliphatic rings. The van der Waals surface area contributed by atoms with Gasteiger partial charge in [-0.25, -0.2) is 9.98 Å². The van der Waals surface area contributed by atoms with E-state index >= 15 is 0 Å². The number of halogens is 1. The van der Waals surface area contributed by atoms with Crippen LogP contribution in [0.2, 0.25) is 5.15 Å². The van der Waals surface area contributed by atoms with Gasteiger partial charge in [-0.05, 0) is 25.0 Å². The first-order chi connectivity index (χ1) is 14.9. The number of pyridine rings is 1. The molecule has 0 radical (unpaired) electrons. The number of aromatic nitrogens is 1. The minimum atomic E-state index is -0.530. The number of nitrogens with two attached hydrogens (primary N) is 2. The predicted molar refractivity (Wildman–Crippen MR) is 132 cm³/mol. The van der Waals surface area contributed by atoms with Crippen LogP contribution in [0.1, 0.15) is 62.5 Å². The molecule has 0 aliphatic carbocycles. The predicted octanol–water partition coefficient (Wildman–Crippen LogP) is 5.65. The third-order valence-corrected chi connectivity index (χ3v) is 5.48. The third kappa shape index (κ3) is 4.92. The average Bonchev–Trinajstić information content (AvgIpc) is 2.75. The fourth-order valence-electron chi connectivity index (χ4n) is 3.72. The lowest BCUT2D eigenvalue weighted by Crippen LogP contribution is -2.33. The Bertz CT molecular complexity index is 1010. The number of nitrogens with zero attached hydrogens (tertiary/aromatic N) is 3. The van der Waals surface area contributed by atoms with E-state index in [0.717, 1.165) is 60.6 Å². The van der Waals surface area contributed by atoms with Gasteiger partial charge in [0.05, 0.1) is 17.1 Å². The lowest BCUT2D eigenvalue weighted by molar-refractivity contribution is 0.549. The molecule has 2 heterocycles. The summed E-state index contributed by atoms with van der Waals surface area (Å²) in [4.78, 5) is 11.6. The summed E-state index contributed by atoms with van der Waals surface area (Å²) in [5.41, 5.74) is 17.7. The molecule has 1 unspecified atom stereocenters. The number of unbranched alkanes of at least 4 members (excludes halogenated alkanes) is 1. The van der Waals surface area contributed by atoms with Crippen LogP contribution in [0.4, 0.5) is 11.4 Å². The monoisotopic (exact) mass is 438 g/mol. The van der Waals surface area contributed by atoms with Crippen molar-refractivity contribution in [1.82, 2.24) is 9.88 Å². The van der Waals surface area contributed by atoms with Gasteiger partial charge in [0, 0.05) is 29.8 Å². The van der Waals surface area contributed by atoms with Gasteiger partial charge in [0.1, 0.15) is 22.8 Å². The van der Waals surface area contributed by atoms with Crippen LogP contribution in [-0.2, 0) is 0 Å². The Hall–Kier alpha value is -2.83. The first-order valence-corrected chi connectivity index (χ1v) is 11.1. The van der Waals surface area contributed by atoms with Crippen LogP contribution in [0.25, 0.3) is 11.4 Å². The van der Waals surface area contributed by atoms with Crippen molar-refractivity contribution >= 4 is 40.2 Å². The molecule has 1 aliphatic heterocycles. The number of amidine groups is 1. The quantitative estimate of drug-likeness (QED) is 0.347. The van der Waals surface area contributed by atoms with Crippen LogP contribution in [0.5, 0.6) is 0 Å². The molecule has 3 rings (SSSR count). The Balaban J connectivity index is 2.00. The van der Waals surface area contributed by atoms with Crippen LogP contribution in [-0.4, -0.2) is 22.3 Å². The molecule has 1 aromatic heterocycles. The van der Waals surface area contributed by atoms with Gasteiger partial charge in [0.15, 0.2) is 0 Å². The third-order valence-electron chi connectivity index (χ3n) is 5.27.